The molecular formula is C58H57N3. The summed E-state index contributed by atoms with van der Waals surface area (Å²) in [4.78, 5) is 5.19. The highest BCUT2D eigenvalue weighted by atomic mass is 15.0. The lowest BCUT2D eigenvalue weighted by molar-refractivity contribution is 0.814. The van der Waals surface area contributed by atoms with Crippen LogP contribution in [0.4, 0.5) is 0 Å². The molecule has 0 aliphatic heterocycles. The minimum Gasteiger partial charge on any atom is -0.340 e. The molecule has 3 heteroatoms. The maximum absolute atomic E-state index is 5.19. The van der Waals surface area contributed by atoms with Gasteiger partial charge in [0.15, 0.2) is 0 Å². The summed E-state index contributed by atoms with van der Waals surface area (Å²) in [6.45, 7) is 23.3. The number of aliphatic imine (C=N–C) groups is 1. The van der Waals surface area contributed by atoms with Gasteiger partial charge in [0.2, 0.25) is 0 Å². The number of nitrogens with zero attached hydrogens (tertiary/aromatic N) is 2. The van der Waals surface area contributed by atoms with Gasteiger partial charge in [-0.15, -0.1) is 0 Å². The zero-order valence-electron chi connectivity index (χ0n) is 36.3. The first-order chi connectivity index (χ1) is 29.7. The number of amidine groups is 1. The van der Waals surface area contributed by atoms with E-state index < -0.39 is 0 Å². The van der Waals surface area contributed by atoms with Crippen LogP contribution in [0.25, 0.3) is 38.8 Å². The third kappa shape index (κ3) is 10.9. The van der Waals surface area contributed by atoms with Crippen molar-refractivity contribution in [3.05, 3.63) is 258 Å². The number of fused-ring (bicyclic) bond motifs is 3. The Labute approximate surface area is 363 Å². The first-order valence-corrected chi connectivity index (χ1v) is 21.0. The van der Waals surface area contributed by atoms with Gasteiger partial charge in [-0.05, 0) is 111 Å². The van der Waals surface area contributed by atoms with Crippen molar-refractivity contribution in [3.63, 3.8) is 0 Å². The second kappa shape index (κ2) is 21.2. The van der Waals surface area contributed by atoms with Crippen LogP contribution in [0.1, 0.15) is 68.0 Å². The molecule has 7 rings (SSSR count). The average molecular weight is 796 g/mol. The number of para-hydroxylation sites is 1. The smallest absolute Gasteiger partial charge is 0.133 e. The van der Waals surface area contributed by atoms with Crippen molar-refractivity contribution in [3.8, 4) is 5.69 Å². The zero-order chi connectivity index (χ0) is 43.1. The lowest BCUT2D eigenvalue weighted by Gasteiger charge is -2.17. The Bertz CT molecular complexity index is 2760. The highest BCUT2D eigenvalue weighted by molar-refractivity contribution is 6.15. The van der Waals surface area contributed by atoms with Crippen LogP contribution in [0.15, 0.2) is 236 Å². The number of allylic oxidation sites excluding steroid dienone is 10. The molecule has 0 spiro atoms. The Hall–Kier alpha value is -7.23. The van der Waals surface area contributed by atoms with Gasteiger partial charge in [0, 0.05) is 27.7 Å². The standard InChI is InChI=1S/C51H49N3.C7H8/c1-8-21-37(5)40(9-2)22-16-17-27-45(36(3)4)46-29-20-31-49-50(46)47-28-18-19-30-48(47)54(49)44-34-32-43(33-35-44)51(52-38(6)41-23-12-10-13-24-41)53-39(7)42-25-14-11-15-26-42;1-7-5-3-2-4-6-7/h8-21,23-35,39H,2-3,6,22H2,1,4-5,7H3,(H,52,53);2-6H,1H3/b17-16-,21-8-,40-37+,45-27+;/t39-;/m1./s1. The molecule has 1 N–H and O–H groups in total. The van der Waals surface area contributed by atoms with Gasteiger partial charge >= 0.3 is 0 Å². The minimum atomic E-state index is -0.0547. The van der Waals surface area contributed by atoms with Gasteiger partial charge in [-0.2, -0.15) is 0 Å². The Balaban J connectivity index is 0.000000807. The fourth-order valence-electron chi connectivity index (χ4n) is 7.44. The summed E-state index contributed by atoms with van der Waals surface area (Å²) in [5.74, 6) is 0.772. The summed E-state index contributed by atoms with van der Waals surface area (Å²) in [6, 6.07) is 54.6. The third-order valence-corrected chi connectivity index (χ3v) is 10.7. The predicted octanol–water partition coefficient (Wildman–Crippen LogP) is 15.5. The van der Waals surface area contributed by atoms with E-state index in [2.05, 4.69) is 203 Å². The molecule has 6 aromatic carbocycles. The Morgan fingerprint density at radius 3 is 1.97 bits per heavy atom. The predicted molar refractivity (Wildman–Crippen MR) is 266 cm³/mol. The van der Waals surface area contributed by atoms with Crippen molar-refractivity contribution in [2.75, 3.05) is 0 Å². The maximum Gasteiger partial charge on any atom is 0.133 e. The molecule has 0 fully saturated rings. The number of hydrogen-bond donors (Lipinski definition) is 1. The maximum atomic E-state index is 5.19. The van der Waals surface area contributed by atoms with Crippen LogP contribution < -0.4 is 5.32 Å². The van der Waals surface area contributed by atoms with Gasteiger partial charge < -0.3 is 9.88 Å². The molecule has 1 aromatic heterocycles. The molecule has 0 aliphatic rings. The number of aryl methyl sites for hydroxylation is 1. The second-order valence-electron chi connectivity index (χ2n) is 15.2. The summed E-state index contributed by atoms with van der Waals surface area (Å²) >= 11 is 0. The van der Waals surface area contributed by atoms with Gasteiger partial charge in [-0.3, -0.25) is 4.99 Å². The van der Waals surface area contributed by atoms with Crippen molar-refractivity contribution >= 4 is 38.9 Å². The molecule has 304 valence electrons. The molecule has 61 heavy (non-hydrogen) atoms. The Morgan fingerprint density at radius 2 is 1.34 bits per heavy atom. The Morgan fingerprint density at radius 1 is 0.721 bits per heavy atom. The largest absolute Gasteiger partial charge is 0.340 e. The van der Waals surface area contributed by atoms with E-state index in [4.69, 9.17) is 4.99 Å². The van der Waals surface area contributed by atoms with Crippen LogP contribution in [0.3, 0.4) is 0 Å². The van der Waals surface area contributed by atoms with E-state index >= 15 is 0 Å². The summed E-state index contributed by atoms with van der Waals surface area (Å²) in [5.41, 5.74) is 14.4. The molecule has 0 aliphatic carbocycles. The molecule has 1 heterocycles. The average Bonchev–Trinajstić information content (AvgIpc) is 3.63. The van der Waals surface area contributed by atoms with E-state index in [0.717, 1.165) is 68.1 Å². The zero-order valence-corrected chi connectivity index (χ0v) is 36.3. The van der Waals surface area contributed by atoms with Crippen molar-refractivity contribution < 1.29 is 0 Å². The molecule has 0 unspecified atom stereocenters. The molecule has 7 aromatic rings. The summed E-state index contributed by atoms with van der Waals surface area (Å²) in [5, 5.41) is 5.95. The third-order valence-electron chi connectivity index (χ3n) is 10.7. The number of hydrogen-bond acceptors (Lipinski definition) is 1. The molecule has 0 saturated carbocycles. The van der Waals surface area contributed by atoms with Crippen LogP contribution in [0, 0.1) is 6.92 Å². The molecule has 1 atom stereocenters. The molecule has 3 nitrogen and oxygen atoms in total. The summed E-state index contributed by atoms with van der Waals surface area (Å²) < 4.78 is 2.36. The van der Waals surface area contributed by atoms with Crippen LogP contribution in [0.5, 0.6) is 0 Å². The monoisotopic (exact) mass is 795 g/mol. The van der Waals surface area contributed by atoms with E-state index in [1.54, 1.807) is 0 Å². The first kappa shape index (κ1) is 43.4. The van der Waals surface area contributed by atoms with E-state index in [9.17, 15) is 0 Å². The van der Waals surface area contributed by atoms with Crippen molar-refractivity contribution in [2.45, 2.75) is 47.1 Å². The van der Waals surface area contributed by atoms with Gasteiger partial charge in [0.25, 0.3) is 0 Å². The van der Waals surface area contributed by atoms with Crippen LogP contribution in [-0.2, 0) is 0 Å². The molecular weight excluding hydrogens is 739 g/mol. The van der Waals surface area contributed by atoms with E-state index in [0.29, 0.717) is 0 Å². The molecule has 0 saturated heterocycles. The fourth-order valence-corrected chi connectivity index (χ4v) is 7.44. The highest BCUT2D eigenvalue weighted by Gasteiger charge is 2.18. The lowest BCUT2D eigenvalue weighted by atomic mass is 9.94. The van der Waals surface area contributed by atoms with Gasteiger partial charge in [-0.1, -0.05) is 189 Å². The first-order valence-electron chi connectivity index (χ1n) is 21.0. The van der Waals surface area contributed by atoms with Gasteiger partial charge in [0.1, 0.15) is 5.84 Å². The normalized spacial score (nSPS) is 12.9. The fraction of sp³-hybridized carbons (Fsp3) is 0.121. The van der Waals surface area contributed by atoms with E-state index in [1.165, 1.54) is 27.5 Å². The van der Waals surface area contributed by atoms with Crippen molar-refractivity contribution in [1.82, 2.24) is 9.88 Å². The lowest BCUT2D eigenvalue weighted by Crippen LogP contribution is -2.23. The minimum absolute atomic E-state index is 0.0547. The van der Waals surface area contributed by atoms with E-state index in [-0.39, 0.29) is 6.04 Å². The van der Waals surface area contributed by atoms with Crippen LogP contribution in [-0.4, -0.2) is 10.4 Å². The highest BCUT2D eigenvalue weighted by Crippen LogP contribution is 2.38. The number of benzene rings is 6. The molecule has 0 bridgehead atoms. The SMILES string of the molecule is C=C/C(C/C=C\C=C(/C(=C)C)c1cccc2c1c1ccccc1n2-c1ccc(C(=N[C@H](C)c2ccccc2)NC(=C)c2ccccc2)cc1)=C(C)\C=C/C.Cc1ccccc1. The number of rotatable bonds is 13. The second-order valence-corrected chi connectivity index (χ2v) is 15.2. The topological polar surface area (TPSA) is 29.3 Å². The summed E-state index contributed by atoms with van der Waals surface area (Å²) in [6.07, 6.45) is 13.5. The molecule has 0 amide bonds. The Kier molecular flexibility index (Phi) is 15.0. The van der Waals surface area contributed by atoms with Crippen LogP contribution >= 0.6 is 0 Å². The number of nitrogens with one attached hydrogen (secondary N) is 1. The van der Waals surface area contributed by atoms with Crippen molar-refractivity contribution in [1.29, 1.82) is 0 Å². The molecule has 0 radical (unpaired) electrons. The number of aromatic nitrogens is 1. The van der Waals surface area contributed by atoms with Crippen molar-refractivity contribution in [2.24, 2.45) is 4.99 Å². The van der Waals surface area contributed by atoms with Gasteiger partial charge in [-0.25, -0.2) is 0 Å². The van der Waals surface area contributed by atoms with Gasteiger partial charge in [0.05, 0.1) is 17.1 Å². The quantitative estimate of drug-likeness (QED) is 0.0703. The van der Waals surface area contributed by atoms with Crippen LogP contribution in [0.2, 0.25) is 0 Å². The summed E-state index contributed by atoms with van der Waals surface area (Å²) in [7, 11) is 0. The van der Waals surface area contributed by atoms with E-state index in [1.807, 2.05) is 55.5 Å².